The molecule has 2 aromatic carbocycles. The SMILES string of the molecule is CC(=O)OC[C@H]1C([N+](=O)[O-])[C@H](O)[C@@H](OCc2ccccc2)[C@@H]1OCc1ccccc1. The van der Waals surface area contributed by atoms with Crippen LogP contribution in [0.2, 0.25) is 0 Å². The molecule has 3 rings (SSSR count). The summed E-state index contributed by atoms with van der Waals surface area (Å²) in [6.07, 6.45) is -3.16. The summed E-state index contributed by atoms with van der Waals surface area (Å²) in [5.74, 6) is -1.40. The summed E-state index contributed by atoms with van der Waals surface area (Å²) < 4.78 is 17.0. The second-order valence-electron chi connectivity index (χ2n) is 7.26. The Morgan fingerprint density at radius 3 is 1.93 bits per heavy atom. The van der Waals surface area contributed by atoms with E-state index in [1.165, 1.54) is 6.92 Å². The average Bonchev–Trinajstić information content (AvgIpc) is 3.01. The Labute approximate surface area is 174 Å². The van der Waals surface area contributed by atoms with Gasteiger partial charge in [-0.15, -0.1) is 0 Å². The number of carbonyl (C=O) groups excluding carboxylic acids is 1. The number of aliphatic hydroxyl groups excluding tert-OH is 1. The first kappa shape index (κ1) is 21.9. The molecule has 1 unspecified atom stereocenters. The summed E-state index contributed by atoms with van der Waals surface area (Å²) in [6, 6.07) is 17.3. The molecule has 8 nitrogen and oxygen atoms in total. The monoisotopic (exact) mass is 415 g/mol. The van der Waals surface area contributed by atoms with E-state index in [0.29, 0.717) is 0 Å². The van der Waals surface area contributed by atoms with Crippen molar-refractivity contribution in [3.05, 3.63) is 81.9 Å². The molecule has 0 amide bonds. The number of esters is 1. The summed E-state index contributed by atoms with van der Waals surface area (Å²) in [5.41, 5.74) is 1.75. The molecule has 2 aromatic rings. The lowest BCUT2D eigenvalue weighted by atomic mass is 10.0. The Balaban J connectivity index is 1.81. The number of aliphatic hydroxyl groups is 1. The van der Waals surface area contributed by atoms with Gasteiger partial charge in [0.1, 0.15) is 12.7 Å². The van der Waals surface area contributed by atoms with Crippen LogP contribution in [0.25, 0.3) is 0 Å². The Bertz CT molecular complexity index is 830. The molecule has 8 heteroatoms. The Kier molecular flexibility index (Phi) is 7.51. The van der Waals surface area contributed by atoms with Gasteiger partial charge in [0, 0.05) is 11.8 Å². The minimum Gasteiger partial charge on any atom is -0.465 e. The highest BCUT2D eigenvalue weighted by Crippen LogP contribution is 2.35. The average molecular weight is 415 g/mol. The molecule has 0 aromatic heterocycles. The fourth-order valence-electron chi connectivity index (χ4n) is 3.71. The molecule has 1 saturated carbocycles. The minimum absolute atomic E-state index is 0.165. The van der Waals surface area contributed by atoms with Crippen LogP contribution in [0.1, 0.15) is 18.1 Å². The molecule has 5 atom stereocenters. The van der Waals surface area contributed by atoms with E-state index in [1.807, 2.05) is 60.7 Å². The van der Waals surface area contributed by atoms with Crippen molar-refractivity contribution in [2.75, 3.05) is 6.61 Å². The van der Waals surface area contributed by atoms with Gasteiger partial charge >= 0.3 is 5.97 Å². The van der Waals surface area contributed by atoms with Crippen molar-refractivity contribution in [1.29, 1.82) is 0 Å². The molecule has 1 N–H and O–H groups in total. The van der Waals surface area contributed by atoms with Crippen LogP contribution in [0.3, 0.4) is 0 Å². The number of nitro groups is 1. The number of carbonyl (C=O) groups is 1. The first-order valence-electron chi connectivity index (χ1n) is 9.73. The van der Waals surface area contributed by atoms with Gasteiger partial charge in [-0.05, 0) is 11.1 Å². The zero-order chi connectivity index (χ0) is 21.5. The fraction of sp³-hybridized carbons (Fsp3) is 0.409. The van der Waals surface area contributed by atoms with E-state index in [-0.39, 0.29) is 19.8 Å². The van der Waals surface area contributed by atoms with Crippen LogP contribution in [0.4, 0.5) is 0 Å². The van der Waals surface area contributed by atoms with Gasteiger partial charge in [-0.2, -0.15) is 0 Å². The summed E-state index contributed by atoms with van der Waals surface area (Å²) in [4.78, 5) is 22.5. The van der Waals surface area contributed by atoms with E-state index in [9.17, 15) is 20.0 Å². The zero-order valence-electron chi connectivity index (χ0n) is 16.6. The van der Waals surface area contributed by atoms with Crippen LogP contribution in [-0.2, 0) is 32.2 Å². The zero-order valence-corrected chi connectivity index (χ0v) is 16.6. The highest BCUT2D eigenvalue weighted by molar-refractivity contribution is 5.65. The van der Waals surface area contributed by atoms with Crippen molar-refractivity contribution in [1.82, 2.24) is 0 Å². The van der Waals surface area contributed by atoms with Gasteiger partial charge in [0.05, 0.1) is 25.2 Å². The lowest BCUT2D eigenvalue weighted by Crippen LogP contribution is -2.39. The van der Waals surface area contributed by atoms with Gasteiger partial charge < -0.3 is 19.3 Å². The number of benzene rings is 2. The molecule has 1 fully saturated rings. The van der Waals surface area contributed by atoms with Crippen molar-refractivity contribution < 1.29 is 29.0 Å². The highest BCUT2D eigenvalue weighted by atomic mass is 16.6. The molecule has 0 saturated heterocycles. The third kappa shape index (κ3) is 5.41. The van der Waals surface area contributed by atoms with Crippen LogP contribution in [0.15, 0.2) is 60.7 Å². The predicted octanol–water partition coefficient (Wildman–Crippen LogP) is 2.36. The second-order valence-corrected chi connectivity index (χ2v) is 7.26. The van der Waals surface area contributed by atoms with E-state index < -0.39 is 41.2 Å². The standard InChI is InChI=1S/C22H25NO7/c1-15(24)28-14-18-19(23(26)27)20(25)22(30-13-17-10-6-3-7-11-17)21(18)29-12-16-8-4-2-5-9-16/h2-11,18-22,25H,12-14H2,1H3/t18-,19?,20-,21+,22+/m0/s1. The Morgan fingerprint density at radius 1 is 0.967 bits per heavy atom. The van der Waals surface area contributed by atoms with Crippen molar-refractivity contribution in [3.8, 4) is 0 Å². The number of hydrogen-bond acceptors (Lipinski definition) is 7. The summed E-state index contributed by atoms with van der Waals surface area (Å²) in [6.45, 7) is 1.35. The lowest BCUT2D eigenvalue weighted by Gasteiger charge is -2.25. The number of hydrogen-bond donors (Lipinski definition) is 1. The van der Waals surface area contributed by atoms with Gasteiger partial charge in [0.25, 0.3) is 0 Å². The summed E-state index contributed by atoms with van der Waals surface area (Å²) in [7, 11) is 0. The first-order valence-corrected chi connectivity index (χ1v) is 9.73. The molecule has 0 aliphatic heterocycles. The van der Waals surface area contributed by atoms with Crippen LogP contribution >= 0.6 is 0 Å². The molecule has 0 spiro atoms. The molecule has 30 heavy (non-hydrogen) atoms. The predicted molar refractivity (Wildman–Crippen MR) is 107 cm³/mol. The van der Waals surface area contributed by atoms with E-state index in [2.05, 4.69) is 0 Å². The first-order chi connectivity index (χ1) is 14.5. The van der Waals surface area contributed by atoms with Crippen molar-refractivity contribution >= 4 is 5.97 Å². The van der Waals surface area contributed by atoms with Crippen molar-refractivity contribution in [3.63, 3.8) is 0 Å². The van der Waals surface area contributed by atoms with Crippen LogP contribution in [0, 0.1) is 16.0 Å². The van der Waals surface area contributed by atoms with E-state index in [4.69, 9.17) is 14.2 Å². The number of rotatable bonds is 9. The van der Waals surface area contributed by atoms with Gasteiger partial charge in [0.2, 0.25) is 6.04 Å². The second kappa shape index (κ2) is 10.3. The van der Waals surface area contributed by atoms with Crippen molar-refractivity contribution in [2.45, 2.75) is 44.5 Å². The maximum atomic E-state index is 11.7. The molecule has 1 aliphatic rings. The van der Waals surface area contributed by atoms with E-state index >= 15 is 0 Å². The van der Waals surface area contributed by atoms with Gasteiger partial charge in [-0.3, -0.25) is 14.9 Å². The molecule has 0 radical (unpaired) electrons. The van der Waals surface area contributed by atoms with Crippen molar-refractivity contribution in [2.24, 2.45) is 5.92 Å². The number of nitrogens with zero attached hydrogens (tertiary/aromatic N) is 1. The van der Waals surface area contributed by atoms with E-state index in [0.717, 1.165) is 11.1 Å². The smallest absolute Gasteiger partial charge is 0.302 e. The molecule has 160 valence electrons. The van der Waals surface area contributed by atoms with Crippen LogP contribution in [0.5, 0.6) is 0 Å². The van der Waals surface area contributed by atoms with Crippen LogP contribution < -0.4 is 0 Å². The Hall–Kier alpha value is -2.81. The fourth-order valence-corrected chi connectivity index (χ4v) is 3.71. The minimum atomic E-state index is -1.40. The quantitative estimate of drug-likeness (QED) is 0.380. The largest absolute Gasteiger partial charge is 0.465 e. The molecular weight excluding hydrogens is 390 g/mol. The normalized spacial score (nSPS) is 25.7. The summed E-state index contributed by atoms with van der Waals surface area (Å²) >= 11 is 0. The van der Waals surface area contributed by atoms with Crippen LogP contribution in [-0.4, -0.2) is 47.0 Å². The molecule has 1 aliphatic carbocycles. The Morgan fingerprint density at radius 2 is 1.47 bits per heavy atom. The molecule has 0 heterocycles. The van der Waals surface area contributed by atoms with Gasteiger partial charge in [-0.1, -0.05) is 60.7 Å². The maximum Gasteiger partial charge on any atom is 0.302 e. The molecular formula is C22H25NO7. The maximum absolute atomic E-state index is 11.7. The molecule has 0 bridgehead atoms. The van der Waals surface area contributed by atoms with E-state index in [1.54, 1.807) is 0 Å². The summed E-state index contributed by atoms with van der Waals surface area (Å²) in [5, 5.41) is 22.4. The van der Waals surface area contributed by atoms with Gasteiger partial charge in [0.15, 0.2) is 6.10 Å². The third-order valence-electron chi connectivity index (χ3n) is 5.16. The third-order valence-corrected chi connectivity index (χ3v) is 5.16. The lowest BCUT2D eigenvalue weighted by molar-refractivity contribution is -0.541. The number of ether oxygens (including phenoxy) is 3. The topological polar surface area (TPSA) is 108 Å². The highest BCUT2D eigenvalue weighted by Gasteiger charge is 2.58. The van der Waals surface area contributed by atoms with Gasteiger partial charge in [-0.25, -0.2) is 0 Å².